The van der Waals surface area contributed by atoms with Crippen molar-refractivity contribution in [3.05, 3.63) is 11.7 Å². The third-order valence-corrected chi connectivity index (χ3v) is 6.46. The summed E-state index contributed by atoms with van der Waals surface area (Å²) in [5, 5.41) is 6.26. The van der Waals surface area contributed by atoms with Crippen molar-refractivity contribution >= 4 is 11.8 Å². The monoisotopic (exact) mass is 375 g/mol. The van der Waals surface area contributed by atoms with Crippen LogP contribution in [-0.4, -0.2) is 64.5 Å². The number of rotatable bonds is 4. The van der Waals surface area contributed by atoms with Crippen LogP contribution in [0.1, 0.15) is 67.9 Å². The summed E-state index contributed by atoms with van der Waals surface area (Å²) < 4.78 is 5.26. The summed E-state index contributed by atoms with van der Waals surface area (Å²) in [6.45, 7) is 3.38. The van der Waals surface area contributed by atoms with Crippen molar-refractivity contribution in [1.82, 2.24) is 25.3 Å². The summed E-state index contributed by atoms with van der Waals surface area (Å²) in [5.74, 6) is 0.565. The normalized spacial score (nSPS) is 27.4. The molecule has 3 fully saturated rings. The topological polar surface area (TPSA) is 91.6 Å². The molecule has 1 aliphatic carbocycles. The fourth-order valence-electron chi connectivity index (χ4n) is 5.09. The molecular formula is C19H29N5O3. The molecule has 0 bridgehead atoms. The summed E-state index contributed by atoms with van der Waals surface area (Å²) in [7, 11) is 1.55. The number of amides is 2. The second-order valence-corrected chi connectivity index (χ2v) is 8.36. The van der Waals surface area contributed by atoms with Crippen LogP contribution >= 0.6 is 0 Å². The SMILES string of the molecule is CNC(=O)c1noc(CN2CCC[C@]3(CCC(=O)N(C4CCCC4)C3)C2)n1. The summed E-state index contributed by atoms with van der Waals surface area (Å²) >= 11 is 0. The average Bonchev–Trinajstić information content (AvgIpc) is 3.36. The summed E-state index contributed by atoms with van der Waals surface area (Å²) in [6, 6.07) is 0.455. The van der Waals surface area contributed by atoms with E-state index in [0.29, 0.717) is 30.8 Å². The first-order valence-corrected chi connectivity index (χ1v) is 10.2. The minimum atomic E-state index is -0.335. The lowest BCUT2D eigenvalue weighted by atomic mass is 9.73. The second kappa shape index (κ2) is 7.58. The van der Waals surface area contributed by atoms with Crippen molar-refractivity contribution in [3.63, 3.8) is 0 Å². The number of nitrogens with zero attached hydrogens (tertiary/aromatic N) is 4. The molecule has 1 aromatic heterocycles. The Morgan fingerprint density at radius 3 is 2.85 bits per heavy atom. The number of aromatic nitrogens is 2. The van der Waals surface area contributed by atoms with Crippen molar-refractivity contribution in [2.75, 3.05) is 26.7 Å². The highest BCUT2D eigenvalue weighted by Gasteiger charge is 2.44. The van der Waals surface area contributed by atoms with E-state index < -0.39 is 0 Å². The largest absolute Gasteiger partial charge is 0.352 e. The van der Waals surface area contributed by atoms with E-state index in [1.807, 2.05) is 0 Å². The van der Waals surface area contributed by atoms with Crippen molar-refractivity contribution in [3.8, 4) is 0 Å². The van der Waals surface area contributed by atoms with E-state index in [-0.39, 0.29) is 17.1 Å². The predicted molar refractivity (Wildman–Crippen MR) is 97.8 cm³/mol. The van der Waals surface area contributed by atoms with E-state index in [2.05, 4.69) is 25.3 Å². The number of nitrogens with one attached hydrogen (secondary N) is 1. The Morgan fingerprint density at radius 2 is 2.07 bits per heavy atom. The van der Waals surface area contributed by atoms with Gasteiger partial charge in [-0.15, -0.1) is 0 Å². The van der Waals surface area contributed by atoms with Gasteiger partial charge in [-0.3, -0.25) is 14.5 Å². The fraction of sp³-hybridized carbons (Fsp3) is 0.789. The molecule has 0 radical (unpaired) electrons. The smallest absolute Gasteiger partial charge is 0.292 e. The van der Waals surface area contributed by atoms with Gasteiger partial charge in [0.2, 0.25) is 11.8 Å². The molecule has 27 heavy (non-hydrogen) atoms. The van der Waals surface area contributed by atoms with Gasteiger partial charge in [0.1, 0.15) is 0 Å². The van der Waals surface area contributed by atoms with Crippen LogP contribution in [-0.2, 0) is 11.3 Å². The lowest BCUT2D eigenvalue weighted by Gasteiger charge is -2.49. The van der Waals surface area contributed by atoms with Crippen molar-refractivity contribution in [2.45, 2.75) is 64.0 Å². The minimum absolute atomic E-state index is 0.0786. The van der Waals surface area contributed by atoms with Gasteiger partial charge >= 0.3 is 0 Å². The maximum absolute atomic E-state index is 12.5. The van der Waals surface area contributed by atoms with E-state index >= 15 is 0 Å². The zero-order valence-electron chi connectivity index (χ0n) is 16.1. The number of carbonyl (C=O) groups is 2. The van der Waals surface area contributed by atoms with Gasteiger partial charge in [-0.2, -0.15) is 4.98 Å². The van der Waals surface area contributed by atoms with Gasteiger partial charge in [0.15, 0.2) is 0 Å². The van der Waals surface area contributed by atoms with Gasteiger partial charge in [-0.25, -0.2) is 0 Å². The van der Waals surface area contributed by atoms with E-state index in [0.717, 1.165) is 45.3 Å². The zero-order valence-corrected chi connectivity index (χ0v) is 16.1. The highest BCUT2D eigenvalue weighted by Crippen LogP contribution is 2.41. The standard InChI is InChI=1S/C19H29N5O3/c1-20-18(26)17-21-15(27-22-17)11-23-10-4-8-19(12-23)9-7-16(25)24(13-19)14-5-2-3-6-14/h14H,2-13H2,1H3,(H,20,26)/t19-/m0/s1. The van der Waals surface area contributed by atoms with Crippen LogP contribution in [0.3, 0.4) is 0 Å². The van der Waals surface area contributed by atoms with Crippen LogP contribution in [0.2, 0.25) is 0 Å². The highest BCUT2D eigenvalue weighted by molar-refractivity contribution is 5.89. The molecule has 2 saturated heterocycles. The van der Waals surface area contributed by atoms with Gasteiger partial charge < -0.3 is 14.7 Å². The molecule has 0 unspecified atom stereocenters. The molecule has 1 atom stereocenters. The molecule has 148 valence electrons. The first-order chi connectivity index (χ1) is 13.1. The second-order valence-electron chi connectivity index (χ2n) is 8.36. The summed E-state index contributed by atoms with van der Waals surface area (Å²) in [4.78, 5) is 32.9. The highest BCUT2D eigenvalue weighted by atomic mass is 16.5. The molecule has 2 aliphatic heterocycles. The molecule has 4 rings (SSSR count). The molecule has 3 aliphatic rings. The number of piperidine rings is 2. The quantitative estimate of drug-likeness (QED) is 0.859. The molecule has 2 amide bonds. The Labute approximate surface area is 159 Å². The van der Waals surface area contributed by atoms with Crippen LogP contribution < -0.4 is 5.32 Å². The van der Waals surface area contributed by atoms with E-state index in [1.165, 1.54) is 19.3 Å². The Bertz CT molecular complexity index is 699. The van der Waals surface area contributed by atoms with E-state index in [1.54, 1.807) is 7.05 Å². The lowest BCUT2D eigenvalue weighted by molar-refractivity contribution is -0.142. The Kier molecular flexibility index (Phi) is 5.16. The molecule has 8 heteroatoms. The molecule has 0 aromatic carbocycles. The predicted octanol–water partition coefficient (Wildman–Crippen LogP) is 1.58. The first kappa shape index (κ1) is 18.4. The molecule has 3 heterocycles. The van der Waals surface area contributed by atoms with E-state index in [4.69, 9.17) is 4.52 Å². The van der Waals surface area contributed by atoms with Crippen LogP contribution in [0.5, 0.6) is 0 Å². The Morgan fingerprint density at radius 1 is 1.26 bits per heavy atom. The van der Waals surface area contributed by atoms with Crippen LogP contribution in [0.25, 0.3) is 0 Å². The van der Waals surface area contributed by atoms with Crippen molar-refractivity contribution in [2.24, 2.45) is 5.41 Å². The van der Waals surface area contributed by atoms with Gasteiger partial charge in [0, 0.05) is 38.0 Å². The summed E-state index contributed by atoms with van der Waals surface area (Å²) in [5.41, 5.74) is 0.179. The number of likely N-dealkylation sites (tertiary alicyclic amines) is 2. The van der Waals surface area contributed by atoms with Crippen LogP contribution in [0.15, 0.2) is 4.52 Å². The number of hydrogen-bond donors (Lipinski definition) is 1. The molecule has 1 spiro atoms. The van der Waals surface area contributed by atoms with Gasteiger partial charge in [-0.05, 0) is 38.6 Å². The maximum Gasteiger partial charge on any atom is 0.292 e. The Hall–Kier alpha value is -1.96. The molecule has 1 N–H and O–H groups in total. The third-order valence-electron chi connectivity index (χ3n) is 6.46. The zero-order chi connectivity index (χ0) is 18.9. The number of carbonyl (C=O) groups excluding carboxylic acids is 2. The van der Waals surface area contributed by atoms with Crippen LogP contribution in [0, 0.1) is 5.41 Å². The van der Waals surface area contributed by atoms with Gasteiger partial charge in [-0.1, -0.05) is 18.0 Å². The van der Waals surface area contributed by atoms with Gasteiger partial charge in [0.25, 0.3) is 11.7 Å². The Balaban J connectivity index is 1.41. The van der Waals surface area contributed by atoms with Crippen LogP contribution in [0.4, 0.5) is 0 Å². The lowest BCUT2D eigenvalue weighted by Crippen LogP contribution is -2.55. The maximum atomic E-state index is 12.5. The van der Waals surface area contributed by atoms with Gasteiger partial charge in [0.05, 0.1) is 6.54 Å². The molecule has 8 nitrogen and oxygen atoms in total. The minimum Gasteiger partial charge on any atom is -0.352 e. The van der Waals surface area contributed by atoms with Crippen molar-refractivity contribution in [1.29, 1.82) is 0 Å². The first-order valence-electron chi connectivity index (χ1n) is 10.2. The molecule has 1 saturated carbocycles. The van der Waals surface area contributed by atoms with Crippen molar-refractivity contribution < 1.29 is 14.1 Å². The summed E-state index contributed by atoms with van der Waals surface area (Å²) in [6.07, 6.45) is 8.75. The van der Waals surface area contributed by atoms with E-state index in [9.17, 15) is 9.59 Å². The third kappa shape index (κ3) is 3.85. The molecule has 1 aromatic rings. The average molecular weight is 375 g/mol. The number of hydrogen-bond acceptors (Lipinski definition) is 6. The fourth-order valence-corrected chi connectivity index (χ4v) is 5.09. The molecular weight excluding hydrogens is 346 g/mol.